The largest absolute Gasteiger partial charge is 0.475 e. The number of nitro benzene ring substituents is 1. The molecule has 0 aliphatic rings. The SMILES string of the molecule is O=[N+]([O-])c1ccc2nn(Cc3ccccc3)c(OCCO)c2c1. The molecule has 3 rings (SSSR count). The molecule has 0 unspecified atom stereocenters. The van der Waals surface area contributed by atoms with Crippen molar-refractivity contribution in [3.8, 4) is 5.88 Å². The number of non-ortho nitro benzene ring substituents is 1. The number of hydrogen-bond donors (Lipinski definition) is 1. The highest BCUT2D eigenvalue weighted by molar-refractivity contribution is 5.86. The van der Waals surface area contributed by atoms with Gasteiger partial charge in [-0.2, -0.15) is 5.10 Å². The van der Waals surface area contributed by atoms with E-state index < -0.39 is 4.92 Å². The van der Waals surface area contributed by atoms with Crippen molar-refractivity contribution in [2.75, 3.05) is 13.2 Å². The number of fused-ring (bicyclic) bond motifs is 1. The van der Waals surface area contributed by atoms with Gasteiger partial charge in [0.2, 0.25) is 5.88 Å². The summed E-state index contributed by atoms with van der Waals surface area (Å²) in [5.41, 5.74) is 1.62. The predicted molar refractivity (Wildman–Crippen MR) is 84.5 cm³/mol. The van der Waals surface area contributed by atoms with Gasteiger partial charge >= 0.3 is 0 Å². The summed E-state index contributed by atoms with van der Waals surface area (Å²) in [6, 6.07) is 14.2. The van der Waals surface area contributed by atoms with Crippen molar-refractivity contribution in [3.05, 3.63) is 64.2 Å². The average molecular weight is 313 g/mol. The first kappa shape index (κ1) is 15.0. The third kappa shape index (κ3) is 3.14. The Kier molecular flexibility index (Phi) is 4.20. The Morgan fingerprint density at radius 2 is 2.00 bits per heavy atom. The molecule has 0 fully saturated rings. The van der Waals surface area contributed by atoms with Crippen LogP contribution in [0.5, 0.6) is 5.88 Å². The van der Waals surface area contributed by atoms with E-state index in [1.807, 2.05) is 30.3 Å². The molecule has 0 saturated heterocycles. The van der Waals surface area contributed by atoms with E-state index in [1.54, 1.807) is 10.7 Å². The minimum atomic E-state index is -0.455. The second-order valence-electron chi connectivity index (χ2n) is 4.98. The minimum Gasteiger partial charge on any atom is -0.475 e. The van der Waals surface area contributed by atoms with E-state index >= 15 is 0 Å². The molecule has 0 saturated carbocycles. The quantitative estimate of drug-likeness (QED) is 0.557. The highest BCUT2D eigenvalue weighted by atomic mass is 16.6. The fraction of sp³-hybridized carbons (Fsp3) is 0.188. The van der Waals surface area contributed by atoms with Crippen LogP contribution in [0.4, 0.5) is 5.69 Å². The number of nitrogens with zero attached hydrogens (tertiary/aromatic N) is 3. The summed E-state index contributed by atoms with van der Waals surface area (Å²) in [5.74, 6) is 0.418. The number of aromatic nitrogens is 2. The normalized spacial score (nSPS) is 10.8. The number of aliphatic hydroxyl groups excluding tert-OH is 1. The topological polar surface area (TPSA) is 90.4 Å². The molecular formula is C16H15N3O4. The number of hydrogen-bond acceptors (Lipinski definition) is 5. The van der Waals surface area contributed by atoms with Crippen molar-refractivity contribution in [1.29, 1.82) is 0 Å². The lowest BCUT2D eigenvalue weighted by atomic mass is 10.2. The zero-order valence-electron chi connectivity index (χ0n) is 12.3. The van der Waals surface area contributed by atoms with E-state index in [2.05, 4.69) is 5.10 Å². The highest BCUT2D eigenvalue weighted by Crippen LogP contribution is 2.29. The Morgan fingerprint density at radius 3 is 2.70 bits per heavy atom. The number of nitro groups is 1. The minimum absolute atomic E-state index is 0.0226. The molecule has 7 heteroatoms. The molecule has 1 heterocycles. The van der Waals surface area contributed by atoms with E-state index in [9.17, 15) is 10.1 Å². The van der Waals surface area contributed by atoms with Gasteiger partial charge in [0.15, 0.2) is 0 Å². The van der Waals surface area contributed by atoms with Gasteiger partial charge in [0, 0.05) is 12.1 Å². The van der Waals surface area contributed by atoms with Crippen molar-refractivity contribution in [2.24, 2.45) is 0 Å². The summed E-state index contributed by atoms with van der Waals surface area (Å²) in [5, 5.41) is 25.0. The first-order valence-electron chi connectivity index (χ1n) is 7.11. The van der Waals surface area contributed by atoms with Crippen LogP contribution in [-0.4, -0.2) is 33.0 Å². The van der Waals surface area contributed by atoms with Gasteiger partial charge < -0.3 is 9.84 Å². The molecule has 118 valence electrons. The first-order valence-corrected chi connectivity index (χ1v) is 7.11. The fourth-order valence-corrected chi connectivity index (χ4v) is 2.37. The fourth-order valence-electron chi connectivity index (χ4n) is 2.37. The summed E-state index contributed by atoms with van der Waals surface area (Å²) in [6.45, 7) is 0.426. The molecule has 23 heavy (non-hydrogen) atoms. The molecule has 0 aliphatic carbocycles. The molecule has 1 N–H and O–H groups in total. The Morgan fingerprint density at radius 1 is 1.22 bits per heavy atom. The third-order valence-corrected chi connectivity index (χ3v) is 3.39. The molecule has 3 aromatic rings. The van der Waals surface area contributed by atoms with Gasteiger partial charge in [0.25, 0.3) is 5.69 Å². The Bertz CT molecular complexity index is 830. The smallest absolute Gasteiger partial charge is 0.270 e. The van der Waals surface area contributed by atoms with E-state index in [-0.39, 0.29) is 18.9 Å². The monoisotopic (exact) mass is 313 g/mol. The Hall–Kier alpha value is -2.93. The number of ether oxygens (including phenoxy) is 1. The summed E-state index contributed by atoms with van der Waals surface area (Å²) in [4.78, 5) is 10.5. The lowest BCUT2D eigenvalue weighted by Gasteiger charge is -2.08. The zero-order valence-corrected chi connectivity index (χ0v) is 12.3. The van der Waals surface area contributed by atoms with Crippen molar-refractivity contribution < 1.29 is 14.8 Å². The van der Waals surface area contributed by atoms with Gasteiger partial charge in [-0.25, -0.2) is 4.68 Å². The van der Waals surface area contributed by atoms with Crippen molar-refractivity contribution >= 4 is 16.6 Å². The maximum atomic E-state index is 11.0. The zero-order chi connectivity index (χ0) is 16.2. The molecule has 0 radical (unpaired) electrons. The number of benzene rings is 2. The van der Waals surface area contributed by atoms with Crippen molar-refractivity contribution in [1.82, 2.24) is 9.78 Å². The summed E-state index contributed by atoms with van der Waals surface area (Å²) in [7, 11) is 0. The molecular weight excluding hydrogens is 298 g/mol. The number of rotatable bonds is 6. The van der Waals surface area contributed by atoms with Gasteiger partial charge in [-0.1, -0.05) is 30.3 Å². The lowest BCUT2D eigenvalue weighted by Crippen LogP contribution is -2.09. The van der Waals surface area contributed by atoms with Crippen LogP contribution in [0, 0.1) is 10.1 Å². The van der Waals surface area contributed by atoms with E-state index in [4.69, 9.17) is 9.84 Å². The van der Waals surface area contributed by atoms with E-state index in [1.165, 1.54) is 12.1 Å². The first-order chi connectivity index (χ1) is 11.2. The average Bonchev–Trinajstić information content (AvgIpc) is 2.90. The second kappa shape index (κ2) is 6.45. The summed E-state index contributed by atoms with van der Waals surface area (Å²) >= 11 is 0. The van der Waals surface area contributed by atoms with Gasteiger partial charge in [0.05, 0.1) is 29.0 Å². The molecule has 0 atom stereocenters. The van der Waals surface area contributed by atoms with Crippen LogP contribution in [-0.2, 0) is 6.54 Å². The molecule has 2 aromatic carbocycles. The lowest BCUT2D eigenvalue weighted by molar-refractivity contribution is -0.384. The van der Waals surface area contributed by atoms with Crippen LogP contribution in [0.25, 0.3) is 10.9 Å². The van der Waals surface area contributed by atoms with E-state index in [0.29, 0.717) is 23.3 Å². The van der Waals surface area contributed by atoms with Crippen LogP contribution in [0.3, 0.4) is 0 Å². The molecule has 0 amide bonds. The molecule has 7 nitrogen and oxygen atoms in total. The molecule has 0 aliphatic heterocycles. The highest BCUT2D eigenvalue weighted by Gasteiger charge is 2.16. The van der Waals surface area contributed by atoms with Gasteiger partial charge in [-0.3, -0.25) is 10.1 Å². The molecule has 0 bridgehead atoms. The van der Waals surface area contributed by atoms with Gasteiger partial charge in [-0.05, 0) is 11.6 Å². The van der Waals surface area contributed by atoms with Gasteiger partial charge in [0.1, 0.15) is 6.61 Å². The Balaban J connectivity index is 2.06. The summed E-state index contributed by atoms with van der Waals surface area (Å²) < 4.78 is 7.23. The number of aliphatic hydroxyl groups is 1. The van der Waals surface area contributed by atoms with Crippen LogP contribution in [0.2, 0.25) is 0 Å². The third-order valence-electron chi connectivity index (χ3n) is 3.39. The van der Waals surface area contributed by atoms with Crippen molar-refractivity contribution in [2.45, 2.75) is 6.54 Å². The molecule has 0 spiro atoms. The Labute approximate surface area is 131 Å². The van der Waals surface area contributed by atoms with Crippen LogP contribution >= 0.6 is 0 Å². The predicted octanol–water partition coefficient (Wildman–Crippen LogP) is 2.36. The summed E-state index contributed by atoms with van der Waals surface area (Å²) in [6.07, 6.45) is 0. The van der Waals surface area contributed by atoms with Crippen LogP contribution in [0.1, 0.15) is 5.56 Å². The molecule has 1 aromatic heterocycles. The second-order valence-corrected chi connectivity index (χ2v) is 4.98. The van der Waals surface area contributed by atoms with Gasteiger partial charge in [-0.15, -0.1) is 0 Å². The standard InChI is InChI=1S/C16H15N3O4/c20-8-9-23-16-14-10-13(19(21)22)6-7-15(14)17-18(16)11-12-4-2-1-3-5-12/h1-7,10,20H,8-9,11H2. The maximum absolute atomic E-state index is 11.0. The van der Waals surface area contributed by atoms with E-state index in [0.717, 1.165) is 5.56 Å². The van der Waals surface area contributed by atoms with Crippen LogP contribution < -0.4 is 4.74 Å². The maximum Gasteiger partial charge on any atom is 0.270 e. The van der Waals surface area contributed by atoms with Crippen molar-refractivity contribution in [3.63, 3.8) is 0 Å². The van der Waals surface area contributed by atoms with Crippen LogP contribution in [0.15, 0.2) is 48.5 Å².